The van der Waals surface area contributed by atoms with Gasteiger partial charge in [0.05, 0.1) is 0 Å². The number of piperidine rings is 2. The number of thiophene rings is 1. The lowest BCUT2D eigenvalue weighted by Crippen LogP contribution is -2.65. The van der Waals surface area contributed by atoms with Gasteiger partial charge in [-0.15, -0.1) is 11.3 Å². The molecule has 7 rings (SSSR count). The predicted molar refractivity (Wildman–Crippen MR) is 221 cm³/mol. The Morgan fingerprint density at radius 3 is 2.00 bits per heavy atom. The molecule has 3 aromatic carbocycles. The number of benzene rings is 3. The van der Waals surface area contributed by atoms with Crippen LogP contribution >= 0.6 is 11.3 Å². The Bertz CT molecular complexity index is 2210. The van der Waals surface area contributed by atoms with Crippen LogP contribution in [-0.2, 0) is 43.2 Å². The van der Waals surface area contributed by atoms with Crippen molar-refractivity contribution in [3.63, 3.8) is 0 Å². The summed E-state index contributed by atoms with van der Waals surface area (Å²) < 4.78 is 1.07. The first-order chi connectivity index (χ1) is 27.7. The van der Waals surface area contributed by atoms with Crippen molar-refractivity contribution in [3.05, 3.63) is 107 Å². The Balaban J connectivity index is 1.19. The van der Waals surface area contributed by atoms with E-state index >= 15 is 0 Å². The topological polar surface area (TPSA) is 199 Å². The molecule has 0 spiro atoms. The molecule has 14 heteroatoms. The van der Waals surface area contributed by atoms with E-state index in [4.69, 9.17) is 5.73 Å². The molecule has 0 bridgehead atoms. The van der Waals surface area contributed by atoms with Gasteiger partial charge < -0.3 is 42.6 Å². The summed E-state index contributed by atoms with van der Waals surface area (Å²) in [7, 11) is 0. The Morgan fingerprint density at radius 1 is 0.684 bits per heavy atom. The summed E-state index contributed by atoms with van der Waals surface area (Å²) in [5.74, 6) is -2.74. The third-order valence-corrected chi connectivity index (χ3v) is 12.3. The van der Waals surface area contributed by atoms with Gasteiger partial charge in [-0.1, -0.05) is 66.7 Å². The van der Waals surface area contributed by atoms with E-state index in [0.29, 0.717) is 51.9 Å². The van der Waals surface area contributed by atoms with E-state index in [1.807, 2.05) is 90.4 Å². The Kier molecular flexibility index (Phi) is 12.6. The van der Waals surface area contributed by atoms with Crippen LogP contribution in [0.25, 0.3) is 21.0 Å². The second-order valence-electron chi connectivity index (χ2n) is 15.1. The molecule has 0 aliphatic carbocycles. The molecule has 2 fully saturated rings. The molecule has 3 atom stereocenters. The van der Waals surface area contributed by atoms with Crippen LogP contribution in [0.5, 0.6) is 0 Å². The lowest BCUT2D eigenvalue weighted by atomic mass is 9.87. The van der Waals surface area contributed by atoms with Crippen LogP contribution in [0.15, 0.2) is 90.4 Å². The van der Waals surface area contributed by atoms with Gasteiger partial charge in [0, 0.05) is 47.0 Å². The molecule has 13 nitrogen and oxygen atoms in total. The predicted octanol–water partition coefficient (Wildman–Crippen LogP) is 2.59. The van der Waals surface area contributed by atoms with E-state index in [-0.39, 0.29) is 31.1 Å². The molecule has 5 aromatic rings. The molecular weight excluding hydrogens is 741 g/mol. The number of hydrogen-bond acceptors (Lipinski definition) is 8. The molecule has 2 aliphatic heterocycles. The van der Waals surface area contributed by atoms with Crippen molar-refractivity contribution in [2.24, 2.45) is 11.7 Å². The molecule has 0 saturated carbocycles. The van der Waals surface area contributed by atoms with E-state index in [9.17, 15) is 24.0 Å². The van der Waals surface area contributed by atoms with E-state index in [2.05, 4.69) is 36.9 Å². The summed E-state index contributed by atoms with van der Waals surface area (Å²) in [6.45, 7) is 2.42. The standard InChI is InChI=1S/C43H50N8O5S/c44-42(56)43(16-20-46-21-17-43)51-41(55)34(22-27-8-2-1-3-9-27)49-39(53)35(23-29-25-47-33-12-6-4-10-31(29)33)50-40(54)36(48-38(52)28-14-18-45-19-15-28)24-30-26-57-37-13-7-5-11-32(30)37/h1-13,25-26,28,34-36,45-47H,14-24H2,(H2,44,56)(H,48,52)(H,49,53)(H,50,54)(H,51,55)/t34-,35+,36+/m0/s1. The Labute approximate surface area is 335 Å². The number of primary amides is 1. The van der Waals surface area contributed by atoms with Gasteiger partial charge in [-0.2, -0.15) is 0 Å². The van der Waals surface area contributed by atoms with Crippen molar-refractivity contribution in [1.29, 1.82) is 0 Å². The van der Waals surface area contributed by atoms with E-state index in [1.165, 1.54) is 0 Å². The zero-order valence-electron chi connectivity index (χ0n) is 31.8. The third-order valence-electron chi connectivity index (χ3n) is 11.3. The highest BCUT2D eigenvalue weighted by molar-refractivity contribution is 7.17. The third kappa shape index (κ3) is 9.53. The minimum absolute atomic E-state index is 0.0918. The Morgan fingerprint density at radius 2 is 1.28 bits per heavy atom. The lowest BCUT2D eigenvalue weighted by molar-refractivity contribution is -0.136. The van der Waals surface area contributed by atoms with Crippen LogP contribution < -0.4 is 37.6 Å². The number of carbonyl (C=O) groups is 5. The first kappa shape index (κ1) is 39.7. The average molecular weight is 791 g/mol. The number of carbonyl (C=O) groups excluding carboxylic acids is 5. The number of rotatable bonds is 15. The number of aromatic amines is 1. The Hall–Kier alpha value is -5.57. The number of nitrogens with one attached hydrogen (secondary N) is 7. The van der Waals surface area contributed by atoms with E-state index in [0.717, 1.165) is 37.7 Å². The molecule has 2 saturated heterocycles. The maximum Gasteiger partial charge on any atom is 0.243 e. The number of amides is 5. The second kappa shape index (κ2) is 18.1. The second-order valence-corrected chi connectivity index (χ2v) is 16.0. The SMILES string of the molecule is NC(=O)C1(NC(=O)[C@H](Cc2ccccc2)NC(=O)[C@@H](Cc2c[nH]c3ccccc23)NC(=O)[C@@H](Cc2csc3ccccc23)NC(=O)C2CCNCC2)CCNCC1. The summed E-state index contributed by atoms with van der Waals surface area (Å²) in [6.07, 6.45) is 4.18. The van der Waals surface area contributed by atoms with Crippen molar-refractivity contribution in [1.82, 2.24) is 36.9 Å². The fourth-order valence-electron chi connectivity index (χ4n) is 7.94. The highest BCUT2D eigenvalue weighted by Crippen LogP contribution is 2.27. The van der Waals surface area contributed by atoms with Crippen molar-refractivity contribution in [2.75, 3.05) is 26.2 Å². The van der Waals surface area contributed by atoms with Crippen LogP contribution in [0.3, 0.4) is 0 Å². The largest absolute Gasteiger partial charge is 0.368 e. The first-order valence-corrected chi connectivity index (χ1v) is 20.6. The van der Waals surface area contributed by atoms with Crippen LogP contribution in [0.4, 0.5) is 0 Å². The maximum atomic E-state index is 14.6. The van der Waals surface area contributed by atoms with Gasteiger partial charge in [0.2, 0.25) is 29.5 Å². The molecule has 57 heavy (non-hydrogen) atoms. The first-order valence-electron chi connectivity index (χ1n) is 19.7. The molecule has 5 amide bonds. The number of hydrogen-bond donors (Lipinski definition) is 8. The molecule has 298 valence electrons. The van der Waals surface area contributed by atoms with Gasteiger partial charge in [-0.05, 0) is 91.5 Å². The smallest absolute Gasteiger partial charge is 0.243 e. The highest BCUT2D eigenvalue weighted by Gasteiger charge is 2.41. The zero-order chi connectivity index (χ0) is 39.8. The number of H-pyrrole nitrogens is 1. The van der Waals surface area contributed by atoms with Gasteiger partial charge in [-0.25, -0.2) is 0 Å². The fraction of sp³-hybridized carbons (Fsp3) is 0.372. The van der Waals surface area contributed by atoms with Crippen LogP contribution in [0.1, 0.15) is 42.4 Å². The van der Waals surface area contributed by atoms with Crippen LogP contribution in [0.2, 0.25) is 0 Å². The summed E-state index contributed by atoms with van der Waals surface area (Å²) in [4.78, 5) is 73.0. The van der Waals surface area contributed by atoms with Gasteiger partial charge in [-0.3, -0.25) is 24.0 Å². The lowest BCUT2D eigenvalue weighted by Gasteiger charge is -2.36. The summed E-state index contributed by atoms with van der Waals surface area (Å²) in [5, 5.41) is 22.3. The minimum Gasteiger partial charge on any atom is -0.368 e. The highest BCUT2D eigenvalue weighted by atomic mass is 32.1. The van der Waals surface area contributed by atoms with Gasteiger partial charge in [0.1, 0.15) is 23.7 Å². The number of para-hydroxylation sites is 1. The summed E-state index contributed by atoms with van der Waals surface area (Å²) in [5.41, 5.74) is 7.96. The average Bonchev–Trinajstić information content (AvgIpc) is 3.84. The molecule has 0 unspecified atom stereocenters. The monoisotopic (exact) mass is 790 g/mol. The molecule has 0 radical (unpaired) electrons. The summed E-state index contributed by atoms with van der Waals surface area (Å²) >= 11 is 1.57. The molecule has 9 N–H and O–H groups in total. The van der Waals surface area contributed by atoms with Crippen molar-refractivity contribution < 1.29 is 24.0 Å². The fourth-order valence-corrected chi connectivity index (χ4v) is 8.91. The van der Waals surface area contributed by atoms with E-state index in [1.54, 1.807) is 11.3 Å². The maximum absolute atomic E-state index is 14.6. The summed E-state index contributed by atoms with van der Waals surface area (Å²) in [6, 6.07) is 21.6. The van der Waals surface area contributed by atoms with Gasteiger partial charge >= 0.3 is 0 Å². The molecule has 2 aromatic heterocycles. The van der Waals surface area contributed by atoms with Crippen molar-refractivity contribution in [3.8, 4) is 0 Å². The normalized spacial score (nSPS) is 17.3. The van der Waals surface area contributed by atoms with Gasteiger partial charge in [0.15, 0.2) is 0 Å². The molecule has 2 aliphatic rings. The number of nitrogens with two attached hydrogens (primary N) is 1. The molecule has 4 heterocycles. The zero-order valence-corrected chi connectivity index (χ0v) is 32.6. The number of aromatic nitrogens is 1. The van der Waals surface area contributed by atoms with Crippen molar-refractivity contribution >= 4 is 61.9 Å². The van der Waals surface area contributed by atoms with Crippen LogP contribution in [-0.4, -0.2) is 84.4 Å². The van der Waals surface area contributed by atoms with Crippen LogP contribution in [0, 0.1) is 5.92 Å². The van der Waals surface area contributed by atoms with E-state index < -0.39 is 47.3 Å². The number of fused-ring (bicyclic) bond motifs is 2. The quantitative estimate of drug-likeness (QED) is 0.0797. The van der Waals surface area contributed by atoms with Crippen molar-refractivity contribution in [2.45, 2.75) is 68.6 Å². The minimum atomic E-state index is -1.27. The van der Waals surface area contributed by atoms with Gasteiger partial charge in [0.25, 0.3) is 0 Å². The molecular formula is C43H50N8O5S.